The van der Waals surface area contributed by atoms with Gasteiger partial charge in [0, 0.05) is 37.6 Å². The van der Waals surface area contributed by atoms with E-state index < -0.39 is 0 Å². The molecule has 1 aromatic carbocycles. The monoisotopic (exact) mass is 408 g/mol. The van der Waals surface area contributed by atoms with Gasteiger partial charge in [-0.1, -0.05) is 19.4 Å². The van der Waals surface area contributed by atoms with E-state index in [1.165, 1.54) is 5.56 Å². The number of aryl methyl sites for hydroxylation is 2. The quantitative estimate of drug-likeness (QED) is 0.811. The van der Waals surface area contributed by atoms with Crippen molar-refractivity contribution in [1.29, 1.82) is 0 Å². The van der Waals surface area contributed by atoms with Gasteiger partial charge in [-0.2, -0.15) is 0 Å². The van der Waals surface area contributed by atoms with Crippen LogP contribution in [0.2, 0.25) is 0 Å². The lowest BCUT2D eigenvalue weighted by atomic mass is 9.99. The molecule has 2 aromatic rings. The van der Waals surface area contributed by atoms with Crippen LogP contribution in [0.1, 0.15) is 31.0 Å². The molecule has 1 aromatic heterocycles. The van der Waals surface area contributed by atoms with E-state index in [-0.39, 0.29) is 6.03 Å². The lowest BCUT2D eigenvalue weighted by molar-refractivity contribution is 0.122. The average Bonchev–Trinajstić information content (AvgIpc) is 3.25. The molecule has 2 aliphatic rings. The van der Waals surface area contributed by atoms with Gasteiger partial charge in [0.1, 0.15) is 5.82 Å². The summed E-state index contributed by atoms with van der Waals surface area (Å²) in [6, 6.07) is 10.4. The third-order valence-corrected chi connectivity index (χ3v) is 6.23. The maximum atomic E-state index is 12.7. The van der Waals surface area contributed by atoms with Crippen molar-refractivity contribution < 1.29 is 9.53 Å². The number of ether oxygens (including phenoxy) is 1. The Morgan fingerprint density at radius 3 is 2.70 bits per heavy atom. The predicted octanol–water partition coefficient (Wildman–Crippen LogP) is 4.47. The number of benzene rings is 1. The van der Waals surface area contributed by atoms with Crippen LogP contribution in [-0.2, 0) is 4.74 Å². The van der Waals surface area contributed by atoms with Crippen molar-refractivity contribution in [2.45, 2.75) is 33.6 Å². The fourth-order valence-corrected chi connectivity index (χ4v) is 4.32. The fourth-order valence-electron chi connectivity index (χ4n) is 4.32. The number of nitrogens with one attached hydrogen (secondary N) is 1. The van der Waals surface area contributed by atoms with E-state index in [0.29, 0.717) is 5.92 Å². The second kappa shape index (κ2) is 9.04. The highest BCUT2D eigenvalue weighted by atomic mass is 16.5. The van der Waals surface area contributed by atoms with Crippen LogP contribution in [0, 0.1) is 19.8 Å². The number of urea groups is 1. The highest BCUT2D eigenvalue weighted by molar-refractivity contribution is 5.90. The molecular weight excluding hydrogens is 376 g/mol. The van der Waals surface area contributed by atoms with Crippen LogP contribution in [0.25, 0.3) is 11.1 Å². The molecule has 1 N–H and O–H groups in total. The van der Waals surface area contributed by atoms with Crippen molar-refractivity contribution in [3.8, 4) is 11.1 Å². The number of hydrogen-bond acceptors (Lipinski definition) is 4. The summed E-state index contributed by atoms with van der Waals surface area (Å²) in [6.07, 6.45) is 2.23. The molecule has 0 unspecified atom stereocenters. The normalized spacial score (nSPS) is 19.2. The van der Waals surface area contributed by atoms with Gasteiger partial charge in [-0.05, 0) is 67.1 Å². The van der Waals surface area contributed by atoms with Crippen LogP contribution in [0.15, 0.2) is 30.3 Å². The van der Waals surface area contributed by atoms with Crippen molar-refractivity contribution in [2.75, 3.05) is 49.6 Å². The molecule has 160 valence electrons. The Kier molecular flexibility index (Phi) is 6.23. The molecule has 2 aliphatic heterocycles. The largest absolute Gasteiger partial charge is 0.378 e. The van der Waals surface area contributed by atoms with Crippen molar-refractivity contribution >= 4 is 17.5 Å². The molecule has 0 aliphatic carbocycles. The zero-order valence-corrected chi connectivity index (χ0v) is 18.3. The lowest BCUT2D eigenvalue weighted by Crippen LogP contribution is -2.36. The highest BCUT2D eigenvalue weighted by Gasteiger charge is 2.25. The SMILES string of the molecule is CC[C@@H]1CCN(C(=O)Nc2ccc(C)c(-c3cc(C)nc(N4CCOCC4)c3)c2)C1. The summed E-state index contributed by atoms with van der Waals surface area (Å²) in [5.41, 5.74) is 5.26. The number of carbonyl (C=O) groups is 1. The van der Waals surface area contributed by atoms with Crippen molar-refractivity contribution in [3.05, 3.63) is 41.6 Å². The van der Waals surface area contributed by atoms with E-state index in [2.05, 4.69) is 48.3 Å². The number of pyridine rings is 1. The van der Waals surface area contributed by atoms with Crippen LogP contribution in [0.3, 0.4) is 0 Å². The van der Waals surface area contributed by atoms with E-state index in [0.717, 1.165) is 80.6 Å². The van der Waals surface area contributed by atoms with Crippen LogP contribution in [0.4, 0.5) is 16.3 Å². The first-order valence-electron chi connectivity index (χ1n) is 11.0. The second-order valence-electron chi connectivity index (χ2n) is 8.42. The molecule has 1 atom stereocenters. The summed E-state index contributed by atoms with van der Waals surface area (Å²) in [6.45, 7) is 11.2. The van der Waals surface area contributed by atoms with Crippen molar-refractivity contribution in [1.82, 2.24) is 9.88 Å². The van der Waals surface area contributed by atoms with E-state index in [1.807, 2.05) is 17.9 Å². The smallest absolute Gasteiger partial charge is 0.321 e. The zero-order valence-electron chi connectivity index (χ0n) is 18.3. The number of nitrogens with zero attached hydrogens (tertiary/aromatic N) is 3. The van der Waals surface area contributed by atoms with Gasteiger partial charge < -0.3 is 19.9 Å². The molecule has 6 nitrogen and oxygen atoms in total. The van der Waals surface area contributed by atoms with Gasteiger partial charge in [-0.25, -0.2) is 9.78 Å². The maximum Gasteiger partial charge on any atom is 0.321 e. The minimum atomic E-state index is 0.000618. The summed E-state index contributed by atoms with van der Waals surface area (Å²) in [4.78, 5) is 21.7. The molecular formula is C24H32N4O2. The average molecular weight is 409 g/mol. The van der Waals surface area contributed by atoms with Crippen LogP contribution >= 0.6 is 0 Å². The summed E-state index contributed by atoms with van der Waals surface area (Å²) < 4.78 is 5.48. The minimum Gasteiger partial charge on any atom is -0.378 e. The Morgan fingerprint density at radius 1 is 1.17 bits per heavy atom. The van der Waals surface area contributed by atoms with Gasteiger partial charge in [0.05, 0.1) is 13.2 Å². The van der Waals surface area contributed by atoms with Gasteiger partial charge in [-0.15, -0.1) is 0 Å². The first-order chi connectivity index (χ1) is 14.5. The van der Waals surface area contributed by atoms with Crippen LogP contribution < -0.4 is 10.2 Å². The minimum absolute atomic E-state index is 0.000618. The summed E-state index contributed by atoms with van der Waals surface area (Å²) >= 11 is 0. The predicted molar refractivity (Wildman–Crippen MR) is 121 cm³/mol. The Bertz CT molecular complexity index is 908. The van der Waals surface area contributed by atoms with Crippen molar-refractivity contribution in [3.63, 3.8) is 0 Å². The lowest BCUT2D eigenvalue weighted by Gasteiger charge is -2.28. The summed E-state index contributed by atoms with van der Waals surface area (Å²) in [7, 11) is 0. The number of hydrogen-bond donors (Lipinski definition) is 1. The molecule has 2 amide bonds. The number of rotatable bonds is 4. The number of likely N-dealkylation sites (tertiary alicyclic amines) is 1. The Hall–Kier alpha value is -2.60. The van der Waals surface area contributed by atoms with Crippen LogP contribution in [-0.4, -0.2) is 55.3 Å². The van der Waals surface area contributed by atoms with Crippen LogP contribution in [0.5, 0.6) is 0 Å². The maximum absolute atomic E-state index is 12.7. The third kappa shape index (κ3) is 4.59. The summed E-state index contributed by atoms with van der Waals surface area (Å²) in [5.74, 6) is 1.62. The first-order valence-corrected chi connectivity index (χ1v) is 11.0. The van der Waals surface area contributed by atoms with E-state index in [1.54, 1.807) is 0 Å². The zero-order chi connectivity index (χ0) is 21.1. The molecule has 6 heteroatoms. The van der Waals surface area contributed by atoms with Gasteiger partial charge in [0.2, 0.25) is 0 Å². The molecule has 0 saturated carbocycles. The van der Waals surface area contributed by atoms with Gasteiger partial charge >= 0.3 is 6.03 Å². The standard InChI is InChI=1S/C24H32N4O2/c1-4-19-7-8-28(16-19)24(29)26-21-6-5-17(2)22(15-21)20-13-18(3)25-23(14-20)27-9-11-30-12-10-27/h5-6,13-15,19H,4,7-12,16H2,1-3H3,(H,26,29)/t19-/m1/s1. The fraction of sp³-hybridized carbons (Fsp3) is 0.500. The molecule has 0 bridgehead atoms. The molecule has 2 fully saturated rings. The molecule has 30 heavy (non-hydrogen) atoms. The van der Waals surface area contributed by atoms with E-state index in [4.69, 9.17) is 9.72 Å². The molecule has 0 radical (unpaired) electrons. The highest BCUT2D eigenvalue weighted by Crippen LogP contribution is 2.30. The Balaban J connectivity index is 1.56. The second-order valence-corrected chi connectivity index (χ2v) is 8.42. The van der Waals surface area contributed by atoms with E-state index in [9.17, 15) is 4.79 Å². The molecule has 3 heterocycles. The van der Waals surface area contributed by atoms with Crippen molar-refractivity contribution in [2.24, 2.45) is 5.92 Å². The van der Waals surface area contributed by atoms with E-state index >= 15 is 0 Å². The number of carbonyl (C=O) groups excluding carboxylic acids is 1. The molecule has 4 rings (SSSR count). The number of anilines is 2. The third-order valence-electron chi connectivity index (χ3n) is 6.23. The summed E-state index contributed by atoms with van der Waals surface area (Å²) in [5, 5.41) is 3.10. The Morgan fingerprint density at radius 2 is 1.97 bits per heavy atom. The van der Waals surface area contributed by atoms with Gasteiger partial charge in [0.25, 0.3) is 0 Å². The first kappa shape index (κ1) is 20.7. The molecule has 2 saturated heterocycles. The van der Waals surface area contributed by atoms with Gasteiger partial charge in [-0.3, -0.25) is 0 Å². The number of amides is 2. The Labute approximate surface area is 179 Å². The number of morpholine rings is 1. The topological polar surface area (TPSA) is 57.7 Å². The molecule has 0 spiro atoms. The number of aromatic nitrogens is 1. The van der Waals surface area contributed by atoms with Gasteiger partial charge in [0.15, 0.2) is 0 Å².